The zero-order valence-corrected chi connectivity index (χ0v) is 37.8. The molecular weight excluding hydrogens is 762 g/mol. The Labute approximate surface area is 359 Å². The van der Waals surface area contributed by atoms with Crippen LogP contribution in [0.4, 0.5) is 0 Å². The Morgan fingerprint density at radius 3 is 1.46 bits per heavy atom. The average Bonchev–Trinajstić information content (AvgIpc) is 3.22. The molecule has 0 aliphatic rings. The molecule has 0 radical (unpaired) electrons. The van der Waals surface area contributed by atoms with Crippen molar-refractivity contribution in [3.63, 3.8) is 0 Å². The van der Waals surface area contributed by atoms with Crippen LogP contribution in [0.1, 0.15) is 168 Å². The van der Waals surface area contributed by atoms with Crippen LogP contribution in [0.15, 0.2) is 97.2 Å². The number of carbonyl (C=O) groups excluding carboxylic acids is 2. The Morgan fingerprint density at radius 2 is 0.966 bits per heavy atom. The minimum Gasteiger partial charge on any atom is -0.462 e. The third-order valence-electron chi connectivity index (χ3n) is 8.97. The topological polar surface area (TPSA) is 134 Å². The van der Waals surface area contributed by atoms with Gasteiger partial charge in [-0.2, -0.15) is 0 Å². The van der Waals surface area contributed by atoms with Crippen molar-refractivity contribution in [2.45, 2.75) is 174 Å². The number of carbonyl (C=O) groups is 2. The van der Waals surface area contributed by atoms with E-state index in [0.29, 0.717) is 12.8 Å². The van der Waals surface area contributed by atoms with Gasteiger partial charge in [0.05, 0.1) is 13.2 Å². The third-order valence-corrected chi connectivity index (χ3v) is 9.95. The quantitative estimate of drug-likeness (QED) is 0.0267. The van der Waals surface area contributed by atoms with E-state index in [2.05, 4.69) is 98.9 Å². The van der Waals surface area contributed by atoms with E-state index >= 15 is 0 Å². The molecule has 10 heteroatoms. The first-order valence-corrected chi connectivity index (χ1v) is 24.2. The number of hydrogen-bond donors (Lipinski definition) is 2. The predicted octanol–water partition coefficient (Wildman–Crippen LogP) is 13.4. The molecule has 3 N–H and O–H groups in total. The third kappa shape index (κ3) is 44.3. The average molecular weight is 844 g/mol. The monoisotopic (exact) mass is 844 g/mol. The van der Waals surface area contributed by atoms with Crippen LogP contribution in [0.2, 0.25) is 0 Å². The maximum absolute atomic E-state index is 12.6. The zero-order chi connectivity index (χ0) is 43.2. The number of ether oxygens (including phenoxy) is 2. The van der Waals surface area contributed by atoms with Crippen LogP contribution < -0.4 is 5.73 Å². The molecule has 0 heterocycles. The molecule has 0 spiro atoms. The first-order chi connectivity index (χ1) is 28.8. The summed E-state index contributed by atoms with van der Waals surface area (Å²) in [5.74, 6) is -0.939. The summed E-state index contributed by atoms with van der Waals surface area (Å²) in [5, 5.41) is 0. The summed E-state index contributed by atoms with van der Waals surface area (Å²) in [5.41, 5.74) is 5.35. The van der Waals surface area contributed by atoms with Gasteiger partial charge < -0.3 is 20.1 Å². The number of esters is 2. The van der Waals surface area contributed by atoms with Crippen LogP contribution in [-0.4, -0.2) is 49.3 Å². The Balaban J connectivity index is 4.27. The molecule has 0 aliphatic carbocycles. The van der Waals surface area contributed by atoms with E-state index < -0.39 is 32.5 Å². The van der Waals surface area contributed by atoms with Crippen molar-refractivity contribution in [1.82, 2.24) is 0 Å². The van der Waals surface area contributed by atoms with Crippen molar-refractivity contribution in [3.05, 3.63) is 97.2 Å². The van der Waals surface area contributed by atoms with Crippen molar-refractivity contribution in [3.8, 4) is 0 Å². The summed E-state index contributed by atoms with van der Waals surface area (Å²) in [7, 11) is -4.41. The normalized spacial score (nSPS) is 14.2. The van der Waals surface area contributed by atoms with Gasteiger partial charge in [-0.3, -0.25) is 18.6 Å². The predicted molar refractivity (Wildman–Crippen MR) is 247 cm³/mol. The van der Waals surface area contributed by atoms with Crippen molar-refractivity contribution in [1.29, 1.82) is 0 Å². The molecule has 0 rings (SSSR count). The zero-order valence-electron chi connectivity index (χ0n) is 36.9. The van der Waals surface area contributed by atoms with Gasteiger partial charge in [-0.05, 0) is 83.5 Å². The fourth-order valence-electron chi connectivity index (χ4n) is 5.63. The van der Waals surface area contributed by atoms with E-state index in [9.17, 15) is 19.0 Å². The second-order valence-corrected chi connectivity index (χ2v) is 16.0. The SMILES string of the molecule is CC/C=C/C/C=C/C/C=C/C/C=C/C/C=C/C/C=C/CCC(=O)O[C@H](COC(=O)CCCCCCCCCCC/C=C/C/C=C/CCCCC)COP(=O)(O)OCCN. The van der Waals surface area contributed by atoms with Gasteiger partial charge in [0.25, 0.3) is 0 Å². The van der Waals surface area contributed by atoms with Gasteiger partial charge in [-0.15, -0.1) is 0 Å². The molecular formula is C49H82NO8P. The summed E-state index contributed by atoms with van der Waals surface area (Å²) < 4.78 is 32.7. The summed E-state index contributed by atoms with van der Waals surface area (Å²) in [6, 6.07) is 0. The summed E-state index contributed by atoms with van der Waals surface area (Å²) >= 11 is 0. The lowest BCUT2D eigenvalue weighted by Gasteiger charge is -2.19. The first kappa shape index (κ1) is 55.9. The molecule has 0 bridgehead atoms. The van der Waals surface area contributed by atoms with E-state index in [4.69, 9.17) is 24.3 Å². The van der Waals surface area contributed by atoms with Crippen LogP contribution in [0.5, 0.6) is 0 Å². The summed E-state index contributed by atoms with van der Waals surface area (Å²) in [6.45, 7) is 3.49. The fourth-order valence-corrected chi connectivity index (χ4v) is 6.40. The fraction of sp³-hybridized carbons (Fsp3) is 0.633. The molecule has 0 aliphatic heterocycles. The van der Waals surface area contributed by atoms with E-state index in [-0.39, 0.29) is 32.6 Å². The maximum atomic E-state index is 12.6. The summed E-state index contributed by atoms with van der Waals surface area (Å²) in [4.78, 5) is 34.9. The maximum Gasteiger partial charge on any atom is 0.472 e. The number of phosphoric acid groups is 1. The lowest BCUT2D eigenvalue weighted by molar-refractivity contribution is -0.161. The van der Waals surface area contributed by atoms with Crippen molar-refractivity contribution >= 4 is 19.8 Å². The number of allylic oxidation sites excluding steroid dienone is 16. The van der Waals surface area contributed by atoms with Crippen LogP contribution in [0.3, 0.4) is 0 Å². The van der Waals surface area contributed by atoms with Gasteiger partial charge in [0.1, 0.15) is 6.61 Å². The van der Waals surface area contributed by atoms with Gasteiger partial charge in [0.15, 0.2) is 6.10 Å². The second-order valence-electron chi connectivity index (χ2n) is 14.5. The molecule has 2 atom stereocenters. The Kier molecular flexibility index (Phi) is 42.2. The van der Waals surface area contributed by atoms with Crippen LogP contribution in [0, 0.1) is 0 Å². The minimum absolute atomic E-state index is 0.0362. The van der Waals surface area contributed by atoms with Gasteiger partial charge in [0.2, 0.25) is 0 Å². The van der Waals surface area contributed by atoms with Gasteiger partial charge in [-0.25, -0.2) is 4.57 Å². The smallest absolute Gasteiger partial charge is 0.462 e. The molecule has 0 aromatic carbocycles. The number of unbranched alkanes of at least 4 members (excludes halogenated alkanes) is 12. The van der Waals surface area contributed by atoms with Crippen molar-refractivity contribution < 1.29 is 37.6 Å². The van der Waals surface area contributed by atoms with E-state index in [1.807, 2.05) is 12.2 Å². The highest BCUT2D eigenvalue weighted by molar-refractivity contribution is 7.47. The van der Waals surface area contributed by atoms with Crippen molar-refractivity contribution in [2.75, 3.05) is 26.4 Å². The Morgan fingerprint density at radius 1 is 0.525 bits per heavy atom. The van der Waals surface area contributed by atoms with Crippen LogP contribution in [0.25, 0.3) is 0 Å². The van der Waals surface area contributed by atoms with Crippen LogP contribution in [-0.2, 0) is 32.7 Å². The van der Waals surface area contributed by atoms with Crippen LogP contribution >= 0.6 is 7.82 Å². The molecule has 0 amide bonds. The molecule has 9 nitrogen and oxygen atoms in total. The highest BCUT2D eigenvalue weighted by Crippen LogP contribution is 2.43. The van der Waals surface area contributed by atoms with E-state index in [1.54, 1.807) is 0 Å². The Hall–Kier alpha value is -3.07. The van der Waals surface area contributed by atoms with Crippen molar-refractivity contribution in [2.24, 2.45) is 5.73 Å². The molecule has 336 valence electrons. The number of rotatable bonds is 41. The largest absolute Gasteiger partial charge is 0.472 e. The molecule has 0 fully saturated rings. The molecule has 0 saturated carbocycles. The van der Waals surface area contributed by atoms with Gasteiger partial charge in [0, 0.05) is 19.4 Å². The lowest BCUT2D eigenvalue weighted by Crippen LogP contribution is -2.29. The number of nitrogens with two attached hydrogens (primary N) is 1. The minimum atomic E-state index is -4.41. The number of hydrogen-bond acceptors (Lipinski definition) is 8. The Bertz CT molecular complexity index is 1280. The molecule has 0 aromatic rings. The van der Waals surface area contributed by atoms with Gasteiger partial charge >= 0.3 is 19.8 Å². The van der Waals surface area contributed by atoms with E-state index in [1.165, 1.54) is 57.8 Å². The highest BCUT2D eigenvalue weighted by Gasteiger charge is 2.25. The lowest BCUT2D eigenvalue weighted by atomic mass is 10.1. The second kappa shape index (κ2) is 44.5. The van der Waals surface area contributed by atoms with Gasteiger partial charge in [-0.1, -0.05) is 169 Å². The molecule has 1 unspecified atom stereocenters. The molecule has 59 heavy (non-hydrogen) atoms. The molecule has 0 saturated heterocycles. The standard InChI is InChI=1S/C49H82NO8P/c1-3-5-7-9-11-13-15-17-19-21-23-25-27-29-31-33-35-37-39-41-48(51)55-45-47(46-57-59(53,54)56-44-43-50)58-49(52)42-40-38-36-34-32-30-28-26-24-22-20-18-16-14-12-10-8-6-4-2/h6,8,11-14,17-20,24,26,30,32,36,38,47H,3-5,7,9-10,15-16,21-23,25,27-29,31,33-35,37,39-46,50H2,1-2H3,(H,53,54)/b8-6+,13-11+,14-12+,19-17+,20-18+,26-24+,32-30+,38-36+/t47-/m1/s1. The molecule has 0 aromatic heterocycles. The van der Waals surface area contributed by atoms with E-state index in [0.717, 1.165) is 70.6 Å². The highest BCUT2D eigenvalue weighted by atomic mass is 31.2. The first-order valence-electron chi connectivity index (χ1n) is 22.7. The number of phosphoric ester groups is 1. The summed E-state index contributed by atoms with van der Waals surface area (Å²) in [6.07, 6.45) is 57.4.